The van der Waals surface area contributed by atoms with Crippen molar-refractivity contribution in [3.05, 3.63) is 6.92 Å². The number of hydrogen-bond acceptors (Lipinski definition) is 1. The molecule has 0 aliphatic heterocycles. The van der Waals surface area contributed by atoms with E-state index in [0.717, 1.165) is 13.1 Å². The van der Waals surface area contributed by atoms with Crippen LogP contribution in [0, 0.1) is 6.92 Å². The van der Waals surface area contributed by atoms with Crippen LogP contribution in [0.4, 0.5) is 0 Å². The van der Waals surface area contributed by atoms with Crippen molar-refractivity contribution in [2.45, 2.75) is 33.2 Å². The van der Waals surface area contributed by atoms with Gasteiger partial charge >= 0.3 is 0 Å². The van der Waals surface area contributed by atoms with Crippen LogP contribution in [0.25, 0.3) is 0 Å². The summed E-state index contributed by atoms with van der Waals surface area (Å²) in [5.74, 6) is 0. The molecule has 0 spiro atoms. The highest BCUT2D eigenvalue weighted by atomic mass is 15.2. The molecule has 0 aromatic rings. The summed E-state index contributed by atoms with van der Waals surface area (Å²) in [4.78, 5) is 2.33. The third kappa shape index (κ3) is 2.85. The lowest BCUT2D eigenvalue weighted by Crippen LogP contribution is -2.40. The van der Waals surface area contributed by atoms with Gasteiger partial charge in [0, 0.05) is 5.54 Å². The zero-order chi connectivity index (χ0) is 7.49. The SMILES string of the molecule is [CH2]CN(CC)C(C)(C)C. The molecule has 0 aliphatic carbocycles. The molecule has 55 valence electrons. The lowest BCUT2D eigenvalue weighted by atomic mass is 10.1. The molecule has 1 radical (unpaired) electrons. The van der Waals surface area contributed by atoms with Crippen molar-refractivity contribution in [1.82, 2.24) is 4.90 Å². The second kappa shape index (κ2) is 3.21. The van der Waals surface area contributed by atoms with Crippen LogP contribution >= 0.6 is 0 Å². The second-order valence-corrected chi connectivity index (χ2v) is 3.25. The molecule has 0 saturated heterocycles. The zero-order valence-electron chi connectivity index (χ0n) is 7.07. The fraction of sp³-hybridized carbons (Fsp3) is 0.875. The van der Waals surface area contributed by atoms with E-state index in [1.807, 2.05) is 0 Å². The molecule has 0 bridgehead atoms. The van der Waals surface area contributed by atoms with E-state index >= 15 is 0 Å². The highest BCUT2D eigenvalue weighted by Gasteiger charge is 2.16. The number of hydrogen-bond donors (Lipinski definition) is 0. The Labute approximate surface area is 59.1 Å². The first-order chi connectivity index (χ1) is 4.02. The molecular formula is C8H18N. The van der Waals surface area contributed by atoms with Crippen molar-refractivity contribution < 1.29 is 0 Å². The average molecular weight is 128 g/mol. The van der Waals surface area contributed by atoms with E-state index in [2.05, 4.69) is 39.5 Å². The minimum Gasteiger partial charge on any atom is -0.299 e. The van der Waals surface area contributed by atoms with Gasteiger partial charge in [0.1, 0.15) is 0 Å². The summed E-state index contributed by atoms with van der Waals surface area (Å²) < 4.78 is 0. The Morgan fingerprint density at radius 2 is 1.78 bits per heavy atom. The quantitative estimate of drug-likeness (QED) is 0.549. The summed E-state index contributed by atoms with van der Waals surface area (Å²) in [5.41, 5.74) is 0.288. The lowest BCUT2D eigenvalue weighted by molar-refractivity contribution is 0.162. The molecule has 0 amide bonds. The fourth-order valence-corrected chi connectivity index (χ4v) is 0.968. The summed E-state index contributed by atoms with van der Waals surface area (Å²) in [6.45, 7) is 14.6. The Bertz CT molecular complexity index is 67.1. The van der Waals surface area contributed by atoms with Gasteiger partial charge in [-0.3, -0.25) is 4.90 Å². The molecule has 0 atom stereocenters. The van der Waals surface area contributed by atoms with Gasteiger partial charge in [-0.25, -0.2) is 0 Å². The van der Waals surface area contributed by atoms with Crippen molar-refractivity contribution in [3.8, 4) is 0 Å². The van der Waals surface area contributed by atoms with Gasteiger partial charge < -0.3 is 0 Å². The van der Waals surface area contributed by atoms with Crippen LogP contribution in [0.15, 0.2) is 0 Å². The average Bonchev–Trinajstić information content (AvgIpc) is 1.65. The predicted octanol–water partition coefficient (Wildman–Crippen LogP) is 1.94. The van der Waals surface area contributed by atoms with E-state index in [1.165, 1.54) is 0 Å². The number of nitrogens with zero attached hydrogens (tertiary/aromatic N) is 1. The highest BCUT2D eigenvalue weighted by molar-refractivity contribution is 4.75. The topological polar surface area (TPSA) is 3.24 Å². The lowest BCUT2D eigenvalue weighted by Gasteiger charge is -2.33. The molecule has 0 aliphatic rings. The summed E-state index contributed by atoms with van der Waals surface area (Å²) in [7, 11) is 0. The summed E-state index contributed by atoms with van der Waals surface area (Å²) >= 11 is 0. The Morgan fingerprint density at radius 1 is 1.33 bits per heavy atom. The number of rotatable bonds is 2. The Hall–Kier alpha value is -0.0400. The van der Waals surface area contributed by atoms with E-state index in [-0.39, 0.29) is 5.54 Å². The molecule has 0 fully saturated rings. The second-order valence-electron chi connectivity index (χ2n) is 3.25. The normalized spacial score (nSPS) is 12.7. The van der Waals surface area contributed by atoms with E-state index in [4.69, 9.17) is 0 Å². The van der Waals surface area contributed by atoms with Gasteiger partial charge in [0.15, 0.2) is 0 Å². The standard InChI is InChI=1S/C8H18N/c1-6-9(7-2)8(3,4)5/h1,6-7H2,2-5H3. The van der Waals surface area contributed by atoms with Crippen LogP contribution in [-0.2, 0) is 0 Å². The smallest absolute Gasteiger partial charge is 0.0124 e. The summed E-state index contributed by atoms with van der Waals surface area (Å²) in [5, 5.41) is 0. The third-order valence-corrected chi connectivity index (χ3v) is 1.60. The van der Waals surface area contributed by atoms with Crippen molar-refractivity contribution in [1.29, 1.82) is 0 Å². The van der Waals surface area contributed by atoms with E-state index in [0.29, 0.717) is 0 Å². The fourth-order valence-electron chi connectivity index (χ4n) is 0.968. The van der Waals surface area contributed by atoms with Gasteiger partial charge in [0.05, 0.1) is 0 Å². The van der Waals surface area contributed by atoms with E-state index in [1.54, 1.807) is 0 Å². The van der Waals surface area contributed by atoms with Crippen LogP contribution in [0.1, 0.15) is 27.7 Å². The molecule has 0 unspecified atom stereocenters. The molecule has 9 heavy (non-hydrogen) atoms. The molecule has 0 rings (SSSR count). The zero-order valence-corrected chi connectivity index (χ0v) is 7.07. The van der Waals surface area contributed by atoms with Gasteiger partial charge in [0.2, 0.25) is 0 Å². The van der Waals surface area contributed by atoms with Crippen LogP contribution in [-0.4, -0.2) is 23.5 Å². The first-order valence-corrected chi connectivity index (χ1v) is 3.56. The molecule has 0 aromatic carbocycles. The maximum Gasteiger partial charge on any atom is 0.0124 e. The Balaban J connectivity index is 3.79. The molecule has 0 heterocycles. The minimum atomic E-state index is 0.288. The minimum absolute atomic E-state index is 0.288. The van der Waals surface area contributed by atoms with Crippen LogP contribution in [0.5, 0.6) is 0 Å². The van der Waals surface area contributed by atoms with Gasteiger partial charge in [-0.1, -0.05) is 6.92 Å². The van der Waals surface area contributed by atoms with Crippen LogP contribution in [0.2, 0.25) is 0 Å². The van der Waals surface area contributed by atoms with Crippen LogP contribution in [0.3, 0.4) is 0 Å². The molecule has 0 saturated carbocycles. The van der Waals surface area contributed by atoms with Crippen molar-refractivity contribution in [3.63, 3.8) is 0 Å². The Kier molecular flexibility index (Phi) is 3.20. The first kappa shape index (κ1) is 8.96. The van der Waals surface area contributed by atoms with Gasteiger partial charge in [-0.15, -0.1) is 0 Å². The highest BCUT2D eigenvalue weighted by Crippen LogP contribution is 2.10. The monoisotopic (exact) mass is 128 g/mol. The molecule has 0 aromatic heterocycles. The summed E-state index contributed by atoms with van der Waals surface area (Å²) in [6, 6.07) is 0. The summed E-state index contributed by atoms with van der Waals surface area (Å²) in [6.07, 6.45) is 0. The molecule has 0 N–H and O–H groups in total. The predicted molar refractivity (Wildman–Crippen MR) is 42.4 cm³/mol. The van der Waals surface area contributed by atoms with Crippen molar-refractivity contribution in [2.24, 2.45) is 0 Å². The van der Waals surface area contributed by atoms with Gasteiger partial charge in [0.25, 0.3) is 0 Å². The molecule has 1 heteroatoms. The maximum absolute atomic E-state index is 3.85. The van der Waals surface area contributed by atoms with Crippen molar-refractivity contribution >= 4 is 0 Å². The van der Waals surface area contributed by atoms with E-state index in [9.17, 15) is 0 Å². The molecular weight excluding hydrogens is 110 g/mol. The van der Waals surface area contributed by atoms with Gasteiger partial charge in [-0.05, 0) is 40.8 Å². The maximum atomic E-state index is 3.85. The van der Waals surface area contributed by atoms with Crippen molar-refractivity contribution in [2.75, 3.05) is 13.1 Å². The largest absolute Gasteiger partial charge is 0.299 e. The Morgan fingerprint density at radius 3 is 1.78 bits per heavy atom. The van der Waals surface area contributed by atoms with Crippen LogP contribution < -0.4 is 0 Å². The van der Waals surface area contributed by atoms with E-state index < -0.39 is 0 Å². The van der Waals surface area contributed by atoms with Gasteiger partial charge in [-0.2, -0.15) is 0 Å². The third-order valence-electron chi connectivity index (χ3n) is 1.60. The first-order valence-electron chi connectivity index (χ1n) is 3.56. The molecule has 1 nitrogen and oxygen atoms in total.